The molecule has 0 amide bonds. The number of carbonyl (C=O) groups is 1. The summed E-state index contributed by atoms with van der Waals surface area (Å²) in [7, 11) is 0.563. The number of carboxylic acid groups (broad SMARTS) is 1. The van der Waals surface area contributed by atoms with Gasteiger partial charge in [0.15, 0.2) is 0 Å². The van der Waals surface area contributed by atoms with Crippen molar-refractivity contribution in [2.24, 2.45) is 0 Å². The zero-order valence-electron chi connectivity index (χ0n) is 11.5. The molecular weight excluding hydrogens is 264 g/mol. The van der Waals surface area contributed by atoms with Crippen LogP contribution < -0.4 is 0 Å². The molecule has 4 nitrogen and oxygen atoms in total. The van der Waals surface area contributed by atoms with E-state index in [-0.39, 0.29) is 12.0 Å². The van der Waals surface area contributed by atoms with Gasteiger partial charge in [0.1, 0.15) is 0 Å². The predicted octanol–water partition coefficient (Wildman–Crippen LogP) is 2.24. The number of ether oxygens (including phenoxy) is 1. The highest BCUT2D eigenvalue weighted by atomic mass is 32.2. The van der Waals surface area contributed by atoms with Gasteiger partial charge >= 0.3 is 5.97 Å². The molecule has 1 atom stereocenters. The third kappa shape index (κ3) is 5.53. The Balaban J connectivity index is 2.60. The SMILES string of the molecule is COC(C)(C)CCS(=O)c1ccc(CC(=O)O)cc1. The van der Waals surface area contributed by atoms with Crippen molar-refractivity contribution in [1.29, 1.82) is 0 Å². The van der Waals surface area contributed by atoms with E-state index in [4.69, 9.17) is 9.84 Å². The van der Waals surface area contributed by atoms with Crippen LogP contribution in [0.1, 0.15) is 25.8 Å². The van der Waals surface area contributed by atoms with Gasteiger partial charge in [-0.3, -0.25) is 9.00 Å². The summed E-state index contributed by atoms with van der Waals surface area (Å²) in [5.74, 6) is -0.338. The summed E-state index contributed by atoms with van der Waals surface area (Å²) in [6.07, 6.45) is 0.691. The van der Waals surface area contributed by atoms with Gasteiger partial charge in [0.2, 0.25) is 0 Å². The van der Waals surface area contributed by atoms with Gasteiger partial charge in [0.25, 0.3) is 0 Å². The van der Waals surface area contributed by atoms with Crippen LogP contribution in [0.25, 0.3) is 0 Å². The number of carboxylic acids is 1. The molecule has 0 bridgehead atoms. The second-order valence-electron chi connectivity index (χ2n) is 4.98. The lowest BCUT2D eigenvalue weighted by Gasteiger charge is -2.22. The molecule has 106 valence electrons. The summed E-state index contributed by atoms with van der Waals surface area (Å²) in [6, 6.07) is 6.88. The molecule has 1 N–H and O–H groups in total. The molecule has 0 saturated heterocycles. The van der Waals surface area contributed by atoms with Crippen molar-refractivity contribution in [3.63, 3.8) is 0 Å². The minimum Gasteiger partial charge on any atom is -0.481 e. The molecule has 0 aliphatic carbocycles. The summed E-state index contributed by atoms with van der Waals surface area (Å²) in [5, 5.41) is 8.67. The molecule has 0 aliphatic heterocycles. The van der Waals surface area contributed by atoms with Crippen LogP contribution in [0, 0.1) is 0 Å². The van der Waals surface area contributed by atoms with Crippen molar-refractivity contribution in [2.45, 2.75) is 37.2 Å². The van der Waals surface area contributed by atoms with Crippen LogP contribution in [-0.2, 0) is 26.8 Å². The Morgan fingerprint density at radius 3 is 2.37 bits per heavy atom. The second kappa shape index (κ2) is 6.82. The minimum atomic E-state index is -1.08. The smallest absolute Gasteiger partial charge is 0.307 e. The van der Waals surface area contributed by atoms with Crippen LogP contribution in [0.3, 0.4) is 0 Å². The molecule has 5 heteroatoms. The normalized spacial score (nSPS) is 13.2. The Kier molecular flexibility index (Phi) is 5.69. The zero-order valence-corrected chi connectivity index (χ0v) is 12.3. The molecular formula is C14H20O4S. The zero-order chi connectivity index (χ0) is 14.5. The number of aliphatic carboxylic acids is 1. The van der Waals surface area contributed by atoms with Gasteiger partial charge in [-0.15, -0.1) is 0 Å². The Bertz CT molecular complexity index is 451. The van der Waals surface area contributed by atoms with Crippen molar-refractivity contribution >= 4 is 16.8 Å². The maximum absolute atomic E-state index is 12.1. The van der Waals surface area contributed by atoms with Gasteiger partial charge in [-0.1, -0.05) is 12.1 Å². The molecule has 1 rings (SSSR count). The number of benzene rings is 1. The van der Waals surface area contributed by atoms with Gasteiger partial charge in [-0.2, -0.15) is 0 Å². The van der Waals surface area contributed by atoms with Crippen LogP contribution in [0.4, 0.5) is 0 Å². The summed E-state index contributed by atoms with van der Waals surface area (Å²) >= 11 is 0. The summed E-state index contributed by atoms with van der Waals surface area (Å²) in [6.45, 7) is 3.92. The van der Waals surface area contributed by atoms with Gasteiger partial charge < -0.3 is 9.84 Å². The average Bonchev–Trinajstić information content (AvgIpc) is 2.36. The fourth-order valence-electron chi connectivity index (χ4n) is 1.49. The number of hydrogen-bond acceptors (Lipinski definition) is 3. The highest BCUT2D eigenvalue weighted by molar-refractivity contribution is 7.85. The topological polar surface area (TPSA) is 63.6 Å². The van der Waals surface area contributed by atoms with E-state index in [2.05, 4.69) is 0 Å². The lowest BCUT2D eigenvalue weighted by Crippen LogP contribution is -2.24. The van der Waals surface area contributed by atoms with E-state index < -0.39 is 16.8 Å². The lowest BCUT2D eigenvalue weighted by molar-refractivity contribution is -0.136. The Labute approximate surface area is 116 Å². The molecule has 19 heavy (non-hydrogen) atoms. The van der Waals surface area contributed by atoms with Crippen molar-refractivity contribution < 1.29 is 18.8 Å². The van der Waals surface area contributed by atoms with Gasteiger partial charge in [-0.25, -0.2) is 0 Å². The first kappa shape index (κ1) is 15.9. The maximum Gasteiger partial charge on any atom is 0.307 e. The Morgan fingerprint density at radius 2 is 1.89 bits per heavy atom. The Morgan fingerprint density at radius 1 is 1.32 bits per heavy atom. The molecule has 0 aromatic heterocycles. The number of rotatable bonds is 7. The van der Waals surface area contributed by atoms with E-state index in [9.17, 15) is 9.00 Å². The molecule has 0 fully saturated rings. The van der Waals surface area contributed by atoms with E-state index in [0.29, 0.717) is 17.7 Å². The Hall–Kier alpha value is -1.20. The fourth-order valence-corrected chi connectivity index (χ4v) is 2.84. The van der Waals surface area contributed by atoms with Crippen LogP contribution in [0.2, 0.25) is 0 Å². The van der Waals surface area contributed by atoms with Gasteiger partial charge in [-0.05, 0) is 38.0 Å². The molecule has 0 spiro atoms. The third-order valence-corrected chi connectivity index (χ3v) is 4.36. The molecule has 1 aromatic carbocycles. The van der Waals surface area contributed by atoms with Crippen molar-refractivity contribution in [1.82, 2.24) is 0 Å². The van der Waals surface area contributed by atoms with Crippen molar-refractivity contribution in [3.8, 4) is 0 Å². The monoisotopic (exact) mass is 284 g/mol. The molecule has 0 saturated carbocycles. The highest BCUT2D eigenvalue weighted by Gasteiger charge is 2.18. The molecule has 0 heterocycles. The molecule has 1 aromatic rings. The van der Waals surface area contributed by atoms with Crippen LogP contribution >= 0.6 is 0 Å². The fraction of sp³-hybridized carbons (Fsp3) is 0.500. The first-order chi connectivity index (χ1) is 8.84. The first-order valence-electron chi connectivity index (χ1n) is 6.08. The van der Waals surface area contributed by atoms with Crippen LogP contribution in [-0.4, -0.2) is 33.7 Å². The second-order valence-corrected chi connectivity index (χ2v) is 6.55. The van der Waals surface area contributed by atoms with E-state index >= 15 is 0 Å². The highest BCUT2D eigenvalue weighted by Crippen LogP contribution is 2.16. The maximum atomic E-state index is 12.1. The number of methoxy groups -OCH3 is 1. The standard InChI is InChI=1S/C14H20O4S/c1-14(2,18-3)8-9-19(17)12-6-4-11(5-7-12)10-13(15)16/h4-7H,8-10H2,1-3H3,(H,15,16). The first-order valence-corrected chi connectivity index (χ1v) is 7.40. The summed E-state index contributed by atoms with van der Waals surface area (Å²) < 4.78 is 17.4. The van der Waals surface area contributed by atoms with E-state index in [0.717, 1.165) is 4.90 Å². The molecule has 0 aliphatic rings. The van der Waals surface area contributed by atoms with E-state index in [1.807, 2.05) is 13.8 Å². The molecule has 0 radical (unpaired) electrons. The van der Waals surface area contributed by atoms with E-state index in [1.54, 1.807) is 31.4 Å². The van der Waals surface area contributed by atoms with Crippen molar-refractivity contribution in [2.75, 3.05) is 12.9 Å². The quantitative estimate of drug-likeness (QED) is 0.834. The average molecular weight is 284 g/mol. The van der Waals surface area contributed by atoms with Crippen LogP contribution in [0.5, 0.6) is 0 Å². The van der Waals surface area contributed by atoms with Gasteiger partial charge in [0, 0.05) is 17.8 Å². The van der Waals surface area contributed by atoms with E-state index in [1.165, 1.54) is 0 Å². The van der Waals surface area contributed by atoms with Crippen LogP contribution in [0.15, 0.2) is 29.2 Å². The minimum absolute atomic E-state index is 0.0103. The summed E-state index contributed by atoms with van der Waals surface area (Å²) in [4.78, 5) is 11.3. The number of hydrogen-bond donors (Lipinski definition) is 1. The summed E-state index contributed by atoms with van der Waals surface area (Å²) in [5.41, 5.74) is 0.435. The third-order valence-electron chi connectivity index (χ3n) is 2.98. The molecule has 1 unspecified atom stereocenters. The van der Waals surface area contributed by atoms with Gasteiger partial charge in [0.05, 0.1) is 22.8 Å². The van der Waals surface area contributed by atoms with Crippen molar-refractivity contribution in [3.05, 3.63) is 29.8 Å². The predicted molar refractivity (Wildman–Crippen MR) is 74.8 cm³/mol. The largest absolute Gasteiger partial charge is 0.481 e. The lowest BCUT2D eigenvalue weighted by atomic mass is 10.1.